The van der Waals surface area contributed by atoms with Gasteiger partial charge in [0, 0.05) is 6.54 Å². The van der Waals surface area contributed by atoms with E-state index in [0.29, 0.717) is 0 Å². The van der Waals surface area contributed by atoms with Crippen LogP contribution >= 0.6 is 11.3 Å². The summed E-state index contributed by atoms with van der Waals surface area (Å²) in [6.07, 6.45) is -2.83. The second kappa shape index (κ2) is 7.08. The third kappa shape index (κ3) is 3.74. The Balaban J connectivity index is 1.52. The fraction of sp³-hybridized carbons (Fsp3) is 0.105. The number of aliphatic imine (C=N–C) groups is 1. The van der Waals surface area contributed by atoms with E-state index in [1.54, 1.807) is 11.6 Å². The van der Waals surface area contributed by atoms with Gasteiger partial charge in [0.25, 0.3) is 5.91 Å². The molecular formula is C19H13F3N4OS. The Morgan fingerprint density at radius 2 is 2.00 bits per heavy atom. The lowest BCUT2D eigenvalue weighted by Gasteiger charge is -2.13. The van der Waals surface area contributed by atoms with E-state index in [-0.39, 0.29) is 23.8 Å². The molecule has 0 fully saturated rings. The number of nitrogens with zero attached hydrogens (tertiary/aromatic N) is 2. The number of fused-ring (bicyclic) bond motifs is 1. The SMILES string of the molecule is O=C1NC(NCc2ccccc2C(F)(F)F)=N/C1=C\c1ccc2ncsc2c1. The molecule has 1 aliphatic rings. The average Bonchev–Trinajstić information content (AvgIpc) is 3.26. The number of benzene rings is 2. The number of amides is 1. The smallest absolute Gasteiger partial charge is 0.352 e. The number of thiazole rings is 1. The summed E-state index contributed by atoms with van der Waals surface area (Å²) in [5.41, 5.74) is 2.92. The second-order valence-electron chi connectivity index (χ2n) is 6.03. The molecule has 2 aromatic carbocycles. The summed E-state index contributed by atoms with van der Waals surface area (Å²) in [7, 11) is 0. The Labute approximate surface area is 161 Å². The summed E-state index contributed by atoms with van der Waals surface area (Å²) in [5.74, 6) is -0.303. The van der Waals surface area contributed by atoms with Gasteiger partial charge in [0.1, 0.15) is 5.70 Å². The van der Waals surface area contributed by atoms with E-state index in [0.717, 1.165) is 21.8 Å². The maximum absolute atomic E-state index is 13.1. The number of nitrogens with one attached hydrogen (secondary N) is 2. The van der Waals surface area contributed by atoms with E-state index in [9.17, 15) is 18.0 Å². The highest BCUT2D eigenvalue weighted by molar-refractivity contribution is 7.16. The second-order valence-corrected chi connectivity index (χ2v) is 6.92. The summed E-state index contributed by atoms with van der Waals surface area (Å²) in [4.78, 5) is 20.5. The fourth-order valence-electron chi connectivity index (χ4n) is 2.80. The predicted octanol–water partition coefficient (Wildman–Crippen LogP) is 3.93. The first-order valence-corrected chi connectivity index (χ1v) is 9.12. The van der Waals surface area contributed by atoms with Gasteiger partial charge < -0.3 is 5.32 Å². The van der Waals surface area contributed by atoms with Crippen LogP contribution in [0.4, 0.5) is 13.2 Å². The molecule has 4 rings (SSSR count). The highest BCUT2D eigenvalue weighted by Gasteiger charge is 2.33. The minimum Gasteiger partial charge on any atom is -0.352 e. The van der Waals surface area contributed by atoms with Crippen molar-refractivity contribution in [3.8, 4) is 0 Å². The molecule has 142 valence electrons. The van der Waals surface area contributed by atoms with Crippen molar-refractivity contribution in [1.82, 2.24) is 15.6 Å². The van der Waals surface area contributed by atoms with Crippen LogP contribution in [0.5, 0.6) is 0 Å². The highest BCUT2D eigenvalue weighted by Crippen LogP contribution is 2.31. The molecule has 0 spiro atoms. The molecule has 2 heterocycles. The van der Waals surface area contributed by atoms with Gasteiger partial charge in [-0.05, 0) is 35.4 Å². The maximum atomic E-state index is 13.1. The molecule has 2 N–H and O–H groups in total. The Bertz CT molecular complexity index is 1120. The molecule has 0 radical (unpaired) electrons. The van der Waals surface area contributed by atoms with Gasteiger partial charge in [0.2, 0.25) is 5.96 Å². The molecule has 0 aliphatic carbocycles. The normalized spacial score (nSPS) is 15.8. The summed E-state index contributed by atoms with van der Waals surface area (Å²) < 4.78 is 40.2. The number of carbonyl (C=O) groups excluding carboxylic acids is 1. The van der Waals surface area contributed by atoms with Crippen LogP contribution < -0.4 is 10.6 Å². The molecule has 1 amide bonds. The predicted molar refractivity (Wildman–Crippen MR) is 101 cm³/mol. The molecule has 0 unspecified atom stereocenters. The van der Waals surface area contributed by atoms with Crippen molar-refractivity contribution in [2.45, 2.75) is 12.7 Å². The van der Waals surface area contributed by atoms with Crippen molar-refractivity contribution in [3.05, 3.63) is 70.4 Å². The molecule has 0 bridgehead atoms. The van der Waals surface area contributed by atoms with Crippen molar-refractivity contribution in [2.75, 3.05) is 0 Å². The van der Waals surface area contributed by atoms with E-state index in [4.69, 9.17) is 0 Å². The quantitative estimate of drug-likeness (QED) is 0.653. The third-order valence-electron chi connectivity index (χ3n) is 4.12. The van der Waals surface area contributed by atoms with Crippen LogP contribution in [0.3, 0.4) is 0 Å². The molecule has 0 saturated carbocycles. The van der Waals surface area contributed by atoms with Crippen LogP contribution in [-0.4, -0.2) is 16.9 Å². The fourth-order valence-corrected chi connectivity index (χ4v) is 3.53. The van der Waals surface area contributed by atoms with Gasteiger partial charge in [-0.15, -0.1) is 11.3 Å². The third-order valence-corrected chi connectivity index (χ3v) is 4.92. The molecule has 1 aromatic heterocycles. The Kier molecular flexibility index (Phi) is 4.60. The Hall–Kier alpha value is -3.20. The number of hydrogen-bond acceptors (Lipinski definition) is 5. The highest BCUT2D eigenvalue weighted by atomic mass is 32.1. The molecular weight excluding hydrogens is 389 g/mol. The monoisotopic (exact) mass is 402 g/mol. The van der Waals surface area contributed by atoms with Crippen LogP contribution in [0.2, 0.25) is 0 Å². The average molecular weight is 402 g/mol. The molecule has 0 saturated heterocycles. The van der Waals surface area contributed by atoms with E-state index < -0.39 is 17.6 Å². The van der Waals surface area contributed by atoms with E-state index >= 15 is 0 Å². The van der Waals surface area contributed by atoms with E-state index in [1.807, 2.05) is 18.2 Å². The number of carbonyl (C=O) groups is 1. The first-order valence-electron chi connectivity index (χ1n) is 8.24. The lowest BCUT2D eigenvalue weighted by Crippen LogP contribution is -2.36. The van der Waals surface area contributed by atoms with Crippen LogP contribution in [0.1, 0.15) is 16.7 Å². The standard InChI is InChI=1S/C19H13F3N4OS/c20-19(21,22)13-4-2-1-3-12(13)9-23-18-25-15(17(27)26-18)7-11-5-6-14-16(8-11)28-10-24-14/h1-8,10H,9H2,(H2,23,25,26,27)/b15-7-. The number of rotatable bonds is 3. The molecule has 3 aromatic rings. The maximum Gasteiger partial charge on any atom is 0.416 e. The van der Waals surface area contributed by atoms with Gasteiger partial charge in [0.05, 0.1) is 21.3 Å². The largest absolute Gasteiger partial charge is 0.416 e. The summed E-state index contributed by atoms with van der Waals surface area (Å²) in [5, 5.41) is 5.28. The number of hydrogen-bond donors (Lipinski definition) is 2. The van der Waals surface area contributed by atoms with Crippen molar-refractivity contribution >= 4 is 39.5 Å². The molecule has 1 aliphatic heterocycles. The van der Waals surface area contributed by atoms with Gasteiger partial charge in [-0.3, -0.25) is 10.1 Å². The van der Waals surface area contributed by atoms with E-state index in [1.165, 1.54) is 29.5 Å². The zero-order chi connectivity index (χ0) is 19.7. The van der Waals surface area contributed by atoms with Gasteiger partial charge in [-0.2, -0.15) is 13.2 Å². The molecule has 28 heavy (non-hydrogen) atoms. The van der Waals surface area contributed by atoms with E-state index in [2.05, 4.69) is 20.6 Å². The van der Waals surface area contributed by atoms with Crippen LogP contribution in [0.25, 0.3) is 16.3 Å². The molecule has 5 nitrogen and oxygen atoms in total. The van der Waals surface area contributed by atoms with Gasteiger partial charge >= 0.3 is 6.18 Å². The summed E-state index contributed by atoms with van der Waals surface area (Å²) in [6, 6.07) is 10.8. The molecule has 9 heteroatoms. The first kappa shape index (κ1) is 18.2. The topological polar surface area (TPSA) is 66.4 Å². The van der Waals surface area contributed by atoms with Crippen molar-refractivity contribution in [1.29, 1.82) is 0 Å². The van der Waals surface area contributed by atoms with Crippen molar-refractivity contribution in [3.63, 3.8) is 0 Å². The Morgan fingerprint density at radius 1 is 1.18 bits per heavy atom. The number of guanidine groups is 1. The lowest BCUT2D eigenvalue weighted by atomic mass is 10.1. The zero-order valence-electron chi connectivity index (χ0n) is 14.2. The number of alkyl halides is 3. The van der Waals surface area contributed by atoms with Crippen LogP contribution in [0.15, 0.2) is 58.7 Å². The van der Waals surface area contributed by atoms with Gasteiger partial charge in [-0.1, -0.05) is 24.3 Å². The van der Waals surface area contributed by atoms with Crippen molar-refractivity contribution < 1.29 is 18.0 Å². The molecule has 0 atom stereocenters. The lowest BCUT2D eigenvalue weighted by molar-refractivity contribution is -0.138. The summed E-state index contributed by atoms with van der Waals surface area (Å²) >= 11 is 1.49. The summed E-state index contributed by atoms with van der Waals surface area (Å²) in [6.45, 7) is -0.116. The van der Waals surface area contributed by atoms with Gasteiger partial charge in [0.15, 0.2) is 0 Å². The Morgan fingerprint density at radius 3 is 2.82 bits per heavy atom. The van der Waals surface area contributed by atoms with Crippen LogP contribution in [0, 0.1) is 0 Å². The number of aromatic nitrogens is 1. The van der Waals surface area contributed by atoms with Crippen LogP contribution in [-0.2, 0) is 17.5 Å². The van der Waals surface area contributed by atoms with Crippen molar-refractivity contribution in [2.24, 2.45) is 4.99 Å². The minimum absolute atomic E-state index is 0.0695. The first-order chi connectivity index (χ1) is 13.4. The van der Waals surface area contributed by atoms with Gasteiger partial charge in [-0.25, -0.2) is 9.98 Å². The number of halogens is 3. The minimum atomic E-state index is -4.45. The zero-order valence-corrected chi connectivity index (χ0v) is 15.1.